The second-order valence-corrected chi connectivity index (χ2v) is 10.7. The highest BCUT2D eigenvalue weighted by molar-refractivity contribution is 5.99. The average Bonchev–Trinajstić information content (AvgIpc) is 2.88. The Kier molecular flexibility index (Phi) is 7.81. The van der Waals surface area contributed by atoms with Crippen LogP contribution < -0.4 is 20.7 Å². The molecule has 1 aromatic heterocycles. The first-order valence-electron chi connectivity index (χ1n) is 12.9. The summed E-state index contributed by atoms with van der Waals surface area (Å²) in [4.78, 5) is 12.9. The Hall–Kier alpha value is -3.87. The van der Waals surface area contributed by atoms with Crippen molar-refractivity contribution in [3.05, 3.63) is 66.0 Å². The van der Waals surface area contributed by atoms with Gasteiger partial charge in [-0.15, -0.1) is 0 Å². The highest BCUT2D eigenvalue weighted by atomic mass is 16.5. The molecule has 37 heavy (non-hydrogen) atoms. The van der Waals surface area contributed by atoms with Crippen LogP contribution in [0.2, 0.25) is 0 Å². The number of nitrogens with zero attached hydrogens (tertiary/aromatic N) is 3. The van der Waals surface area contributed by atoms with Gasteiger partial charge in [0, 0.05) is 41.4 Å². The van der Waals surface area contributed by atoms with Crippen LogP contribution in [0.4, 0.5) is 23.0 Å². The minimum absolute atomic E-state index is 0.0293. The van der Waals surface area contributed by atoms with Crippen molar-refractivity contribution < 1.29 is 4.74 Å². The van der Waals surface area contributed by atoms with Crippen molar-refractivity contribution in [2.24, 2.45) is 5.92 Å². The molecule has 0 saturated carbocycles. The van der Waals surface area contributed by atoms with E-state index in [0.717, 1.165) is 40.8 Å². The van der Waals surface area contributed by atoms with E-state index in [1.165, 1.54) is 17.5 Å². The van der Waals surface area contributed by atoms with E-state index in [-0.39, 0.29) is 11.4 Å². The zero-order valence-electron chi connectivity index (χ0n) is 22.9. The van der Waals surface area contributed by atoms with Crippen LogP contribution in [0, 0.1) is 5.92 Å². The van der Waals surface area contributed by atoms with Crippen LogP contribution in [-0.2, 0) is 11.8 Å². The maximum absolute atomic E-state index is 6.15. The van der Waals surface area contributed by atoms with Gasteiger partial charge in [-0.2, -0.15) is 9.97 Å². The topological polar surface area (TPSA) is 84.0 Å². The molecule has 0 aliphatic heterocycles. The second-order valence-electron chi connectivity index (χ2n) is 10.7. The Morgan fingerprint density at radius 2 is 1.65 bits per heavy atom. The Bertz CT molecular complexity index is 1380. The van der Waals surface area contributed by atoms with Crippen molar-refractivity contribution in [3.63, 3.8) is 0 Å². The van der Waals surface area contributed by atoms with Gasteiger partial charge in [0.15, 0.2) is 0 Å². The molecule has 0 amide bonds. The van der Waals surface area contributed by atoms with E-state index >= 15 is 0 Å². The zero-order chi connectivity index (χ0) is 26.6. The molecule has 4 rings (SSSR count). The molecule has 3 N–H and O–H groups in total. The van der Waals surface area contributed by atoms with E-state index in [1.54, 1.807) is 0 Å². The van der Waals surface area contributed by atoms with Gasteiger partial charge in [0.1, 0.15) is 12.1 Å². The van der Waals surface area contributed by atoms with Gasteiger partial charge in [0.25, 0.3) is 0 Å². The van der Waals surface area contributed by atoms with Crippen molar-refractivity contribution in [3.8, 4) is 11.8 Å². The number of anilines is 4. The molecular weight excluding hydrogens is 460 g/mol. The number of ether oxygens (including phenoxy) is 1. The van der Waals surface area contributed by atoms with Gasteiger partial charge < -0.3 is 20.7 Å². The lowest BCUT2D eigenvalue weighted by atomic mass is 9.85. The number of aromatic nitrogens is 3. The van der Waals surface area contributed by atoms with Gasteiger partial charge >= 0.3 is 6.01 Å². The minimum atomic E-state index is 0.0293. The van der Waals surface area contributed by atoms with Gasteiger partial charge in [-0.05, 0) is 53.1 Å². The predicted octanol–water partition coefficient (Wildman–Crippen LogP) is 7.53. The van der Waals surface area contributed by atoms with Crippen molar-refractivity contribution in [1.82, 2.24) is 15.0 Å². The van der Waals surface area contributed by atoms with Crippen molar-refractivity contribution in [1.29, 1.82) is 0 Å². The molecular formula is C30H38N6O. The zero-order valence-corrected chi connectivity index (χ0v) is 22.9. The summed E-state index contributed by atoms with van der Waals surface area (Å²) in [7, 11) is 1.98. The van der Waals surface area contributed by atoms with Crippen LogP contribution in [0.5, 0.6) is 11.8 Å². The molecule has 0 atom stereocenters. The van der Waals surface area contributed by atoms with Gasteiger partial charge in [-0.25, -0.2) is 4.98 Å². The van der Waals surface area contributed by atoms with Gasteiger partial charge in [-0.1, -0.05) is 65.8 Å². The van der Waals surface area contributed by atoms with Crippen LogP contribution in [0.3, 0.4) is 0 Å². The van der Waals surface area contributed by atoms with E-state index in [4.69, 9.17) is 4.74 Å². The van der Waals surface area contributed by atoms with Crippen molar-refractivity contribution in [2.45, 2.75) is 53.4 Å². The SMILES string of the molecule is CCc1c(NC)cc(C(C)(C)C)cc1Nc1ccc(Oc2ncnc(NCC(C)C)n2)c2ccccc12. The summed E-state index contributed by atoms with van der Waals surface area (Å²) < 4.78 is 6.15. The molecule has 4 aromatic rings. The summed E-state index contributed by atoms with van der Waals surface area (Å²) in [5, 5.41) is 12.4. The summed E-state index contributed by atoms with van der Waals surface area (Å²) >= 11 is 0. The molecule has 0 spiro atoms. The van der Waals surface area contributed by atoms with Gasteiger partial charge in [0.05, 0.1) is 0 Å². The number of nitrogens with one attached hydrogen (secondary N) is 3. The van der Waals surface area contributed by atoms with E-state index in [0.29, 0.717) is 17.6 Å². The Morgan fingerprint density at radius 3 is 2.32 bits per heavy atom. The first-order valence-corrected chi connectivity index (χ1v) is 12.9. The molecule has 0 saturated heterocycles. The fourth-order valence-corrected chi connectivity index (χ4v) is 4.24. The van der Waals surface area contributed by atoms with Crippen molar-refractivity contribution >= 4 is 33.8 Å². The van der Waals surface area contributed by atoms with Crippen LogP contribution in [0.1, 0.15) is 52.7 Å². The molecule has 7 nitrogen and oxygen atoms in total. The maximum Gasteiger partial charge on any atom is 0.326 e. The van der Waals surface area contributed by atoms with Gasteiger partial charge in [-0.3, -0.25) is 0 Å². The highest BCUT2D eigenvalue weighted by Crippen LogP contribution is 2.38. The Morgan fingerprint density at radius 1 is 0.919 bits per heavy atom. The summed E-state index contributed by atoms with van der Waals surface area (Å²) in [6.07, 6.45) is 2.38. The lowest BCUT2D eigenvalue weighted by Crippen LogP contribution is -2.13. The number of benzene rings is 3. The molecule has 0 aliphatic rings. The number of rotatable bonds is 9. The van der Waals surface area contributed by atoms with Crippen LogP contribution >= 0.6 is 0 Å². The fraction of sp³-hybridized carbons (Fsp3) is 0.367. The number of fused-ring (bicyclic) bond motifs is 1. The fourth-order valence-electron chi connectivity index (χ4n) is 4.24. The van der Waals surface area contributed by atoms with E-state index in [9.17, 15) is 0 Å². The van der Waals surface area contributed by atoms with Crippen LogP contribution in [-0.4, -0.2) is 28.5 Å². The Balaban J connectivity index is 1.70. The van der Waals surface area contributed by atoms with Gasteiger partial charge in [0.2, 0.25) is 5.95 Å². The number of hydrogen-bond donors (Lipinski definition) is 3. The number of hydrogen-bond acceptors (Lipinski definition) is 7. The van der Waals surface area contributed by atoms with E-state index in [2.05, 4.69) is 103 Å². The first-order chi connectivity index (χ1) is 17.7. The third-order valence-electron chi connectivity index (χ3n) is 6.31. The summed E-state index contributed by atoms with van der Waals surface area (Å²) in [5.41, 5.74) is 5.83. The molecule has 7 heteroatoms. The highest BCUT2D eigenvalue weighted by Gasteiger charge is 2.19. The first kappa shape index (κ1) is 26.2. The lowest BCUT2D eigenvalue weighted by molar-refractivity contribution is 0.445. The summed E-state index contributed by atoms with van der Waals surface area (Å²) in [6.45, 7) is 14.0. The van der Waals surface area contributed by atoms with Crippen molar-refractivity contribution in [2.75, 3.05) is 29.5 Å². The smallest absolute Gasteiger partial charge is 0.326 e. The maximum atomic E-state index is 6.15. The molecule has 0 radical (unpaired) electrons. The summed E-state index contributed by atoms with van der Waals surface area (Å²) in [6, 6.07) is 17.0. The molecule has 194 valence electrons. The molecule has 0 unspecified atom stereocenters. The lowest BCUT2D eigenvalue weighted by Gasteiger charge is -2.25. The standard InChI is InChI=1S/C30H38N6O/c1-8-21-25(31-7)15-20(30(4,5)6)16-26(21)35-24-13-14-27(23-12-10-9-11-22(23)24)37-29-34-18-33-28(36-29)32-17-19(2)3/h9-16,18-19,31,35H,8,17H2,1-7H3,(H,32,33,34,36). The van der Waals surface area contributed by atoms with E-state index in [1.807, 2.05) is 25.2 Å². The molecule has 0 fully saturated rings. The third-order valence-corrected chi connectivity index (χ3v) is 6.31. The molecule has 0 aliphatic carbocycles. The second kappa shape index (κ2) is 11.0. The molecule has 0 bridgehead atoms. The Labute approximate surface area is 220 Å². The largest absolute Gasteiger partial charge is 0.424 e. The van der Waals surface area contributed by atoms with Crippen LogP contribution in [0.25, 0.3) is 10.8 Å². The average molecular weight is 499 g/mol. The monoisotopic (exact) mass is 498 g/mol. The quantitative estimate of drug-likeness (QED) is 0.220. The normalized spacial score (nSPS) is 11.6. The summed E-state index contributed by atoms with van der Waals surface area (Å²) in [5.74, 6) is 1.68. The third kappa shape index (κ3) is 6.10. The van der Waals surface area contributed by atoms with Crippen LogP contribution in [0.15, 0.2) is 54.9 Å². The molecule has 1 heterocycles. The minimum Gasteiger partial charge on any atom is -0.424 e. The molecule has 3 aromatic carbocycles. The van der Waals surface area contributed by atoms with E-state index < -0.39 is 0 Å². The predicted molar refractivity (Wildman–Crippen MR) is 155 cm³/mol.